The molecule has 0 radical (unpaired) electrons. The standard InChI is InChI=1S/C14H14N4O3S/c1-8-7-9(3-4-11(8)22(2,20)21)16-13-12-10(17-18-13)5-6-15-14(12)19/h3-7H,1-2H3,(H,15,19)(H2,16,17,18). The summed E-state index contributed by atoms with van der Waals surface area (Å²) in [4.78, 5) is 14.7. The van der Waals surface area contributed by atoms with Crippen LogP contribution in [0.15, 0.2) is 40.2 Å². The molecule has 0 aliphatic rings. The topological polar surface area (TPSA) is 108 Å². The average molecular weight is 318 g/mol. The van der Waals surface area contributed by atoms with Crippen molar-refractivity contribution in [3.05, 3.63) is 46.4 Å². The van der Waals surface area contributed by atoms with Crippen LogP contribution in [0.4, 0.5) is 11.5 Å². The van der Waals surface area contributed by atoms with Crippen LogP contribution >= 0.6 is 0 Å². The maximum Gasteiger partial charge on any atom is 0.261 e. The molecular formula is C14H14N4O3S. The summed E-state index contributed by atoms with van der Waals surface area (Å²) in [6.07, 6.45) is 2.71. The quantitative estimate of drug-likeness (QED) is 0.681. The number of aromatic amines is 2. The lowest BCUT2D eigenvalue weighted by molar-refractivity contribution is 0.601. The number of H-pyrrole nitrogens is 2. The van der Waals surface area contributed by atoms with Crippen LogP contribution in [0.3, 0.4) is 0 Å². The number of aromatic nitrogens is 3. The van der Waals surface area contributed by atoms with E-state index in [4.69, 9.17) is 0 Å². The minimum Gasteiger partial charge on any atom is -0.338 e. The smallest absolute Gasteiger partial charge is 0.261 e. The molecular weight excluding hydrogens is 304 g/mol. The van der Waals surface area contributed by atoms with E-state index in [0.29, 0.717) is 28.0 Å². The normalized spacial score (nSPS) is 11.7. The highest BCUT2D eigenvalue weighted by Gasteiger charge is 2.13. The molecule has 8 heteroatoms. The van der Waals surface area contributed by atoms with Crippen molar-refractivity contribution in [3.63, 3.8) is 0 Å². The number of sulfone groups is 1. The van der Waals surface area contributed by atoms with Gasteiger partial charge < -0.3 is 10.3 Å². The number of fused-ring (bicyclic) bond motifs is 1. The molecule has 1 aromatic carbocycles. The number of hydrogen-bond acceptors (Lipinski definition) is 5. The Balaban J connectivity index is 2.03. The predicted octanol–water partition coefficient (Wildman–Crippen LogP) is 1.71. The van der Waals surface area contributed by atoms with Crippen LogP contribution in [0.2, 0.25) is 0 Å². The van der Waals surface area contributed by atoms with E-state index in [2.05, 4.69) is 20.5 Å². The van der Waals surface area contributed by atoms with E-state index in [1.54, 1.807) is 25.1 Å². The van der Waals surface area contributed by atoms with E-state index in [0.717, 1.165) is 0 Å². The van der Waals surface area contributed by atoms with Crippen LogP contribution in [0, 0.1) is 6.92 Å². The molecule has 0 fully saturated rings. The Labute approximate surface area is 126 Å². The van der Waals surface area contributed by atoms with Crippen LogP contribution in [0.1, 0.15) is 5.56 Å². The number of aryl methyl sites for hydroxylation is 1. The molecule has 0 aliphatic heterocycles. The molecule has 0 aliphatic carbocycles. The summed E-state index contributed by atoms with van der Waals surface area (Å²) in [5.74, 6) is 0.392. The Morgan fingerprint density at radius 1 is 1.23 bits per heavy atom. The highest BCUT2D eigenvalue weighted by molar-refractivity contribution is 7.90. The summed E-state index contributed by atoms with van der Waals surface area (Å²) in [7, 11) is -3.26. The summed E-state index contributed by atoms with van der Waals surface area (Å²) in [6.45, 7) is 1.72. The van der Waals surface area contributed by atoms with E-state index >= 15 is 0 Å². The molecule has 22 heavy (non-hydrogen) atoms. The van der Waals surface area contributed by atoms with Gasteiger partial charge in [0.1, 0.15) is 5.39 Å². The fourth-order valence-corrected chi connectivity index (χ4v) is 3.31. The van der Waals surface area contributed by atoms with Crippen molar-refractivity contribution in [2.24, 2.45) is 0 Å². The second-order valence-corrected chi connectivity index (χ2v) is 7.03. The zero-order valence-electron chi connectivity index (χ0n) is 12.0. The van der Waals surface area contributed by atoms with E-state index in [-0.39, 0.29) is 10.5 Å². The molecule has 2 heterocycles. The lowest BCUT2D eigenvalue weighted by Crippen LogP contribution is -2.06. The van der Waals surface area contributed by atoms with E-state index in [1.807, 2.05) is 0 Å². The van der Waals surface area contributed by atoms with Crippen molar-refractivity contribution in [3.8, 4) is 0 Å². The molecule has 0 saturated carbocycles. The molecule has 0 saturated heterocycles. The highest BCUT2D eigenvalue weighted by atomic mass is 32.2. The van der Waals surface area contributed by atoms with Crippen molar-refractivity contribution in [2.75, 3.05) is 11.6 Å². The van der Waals surface area contributed by atoms with Gasteiger partial charge in [0.25, 0.3) is 5.56 Å². The minimum absolute atomic E-state index is 0.252. The van der Waals surface area contributed by atoms with E-state index in [1.165, 1.54) is 18.5 Å². The Hall–Kier alpha value is -2.61. The zero-order chi connectivity index (χ0) is 15.9. The van der Waals surface area contributed by atoms with Gasteiger partial charge >= 0.3 is 0 Å². The minimum atomic E-state index is -3.26. The maximum absolute atomic E-state index is 11.9. The third-order valence-electron chi connectivity index (χ3n) is 3.32. The largest absolute Gasteiger partial charge is 0.338 e. The van der Waals surface area contributed by atoms with Gasteiger partial charge in [-0.1, -0.05) is 0 Å². The van der Waals surface area contributed by atoms with Crippen LogP contribution in [0.5, 0.6) is 0 Å². The van der Waals surface area contributed by atoms with Gasteiger partial charge in [-0.15, -0.1) is 0 Å². The Morgan fingerprint density at radius 2 is 2.00 bits per heavy atom. The molecule has 3 rings (SSSR count). The van der Waals surface area contributed by atoms with Gasteiger partial charge in [-0.3, -0.25) is 9.89 Å². The number of rotatable bonds is 3. The lowest BCUT2D eigenvalue weighted by atomic mass is 10.2. The lowest BCUT2D eigenvalue weighted by Gasteiger charge is -2.08. The second-order valence-electron chi connectivity index (χ2n) is 5.05. The average Bonchev–Trinajstić information content (AvgIpc) is 2.82. The van der Waals surface area contributed by atoms with Crippen molar-refractivity contribution in [1.29, 1.82) is 0 Å². The molecule has 7 nitrogen and oxygen atoms in total. The molecule has 114 valence electrons. The van der Waals surface area contributed by atoms with Crippen LogP contribution in [0.25, 0.3) is 10.9 Å². The van der Waals surface area contributed by atoms with Gasteiger partial charge in [-0.25, -0.2) is 8.42 Å². The van der Waals surface area contributed by atoms with Crippen molar-refractivity contribution < 1.29 is 8.42 Å². The van der Waals surface area contributed by atoms with E-state index < -0.39 is 9.84 Å². The first-order valence-corrected chi connectivity index (χ1v) is 8.39. The van der Waals surface area contributed by atoms with Crippen molar-refractivity contribution in [1.82, 2.24) is 15.2 Å². The van der Waals surface area contributed by atoms with E-state index in [9.17, 15) is 13.2 Å². The van der Waals surface area contributed by atoms with Crippen molar-refractivity contribution in [2.45, 2.75) is 11.8 Å². The van der Waals surface area contributed by atoms with Gasteiger partial charge in [0.15, 0.2) is 15.7 Å². The molecule has 2 aromatic heterocycles. The summed E-state index contributed by atoms with van der Waals surface area (Å²) in [5, 5.41) is 10.3. The molecule has 3 N–H and O–H groups in total. The number of hydrogen-bond donors (Lipinski definition) is 3. The molecule has 0 atom stereocenters. The van der Waals surface area contributed by atoms with Gasteiger partial charge in [-0.05, 0) is 36.8 Å². The number of pyridine rings is 1. The first-order chi connectivity index (χ1) is 10.4. The third kappa shape index (κ3) is 2.48. The fraction of sp³-hybridized carbons (Fsp3) is 0.143. The number of nitrogens with one attached hydrogen (secondary N) is 3. The summed E-state index contributed by atoms with van der Waals surface area (Å²) >= 11 is 0. The van der Waals surface area contributed by atoms with Gasteiger partial charge in [-0.2, -0.15) is 5.10 Å². The summed E-state index contributed by atoms with van der Waals surface area (Å²) in [5.41, 5.74) is 1.65. The summed E-state index contributed by atoms with van der Waals surface area (Å²) in [6, 6.07) is 6.59. The number of nitrogens with zero attached hydrogens (tertiary/aromatic N) is 1. The molecule has 3 aromatic rings. The maximum atomic E-state index is 11.9. The van der Waals surface area contributed by atoms with Crippen molar-refractivity contribution >= 4 is 32.2 Å². The van der Waals surface area contributed by atoms with Crippen LogP contribution in [-0.4, -0.2) is 29.9 Å². The molecule has 0 amide bonds. The molecule has 0 spiro atoms. The number of anilines is 2. The monoisotopic (exact) mass is 318 g/mol. The Kier molecular flexibility index (Phi) is 3.25. The first kappa shape index (κ1) is 14.3. The van der Waals surface area contributed by atoms with Crippen LogP contribution in [-0.2, 0) is 9.84 Å². The molecule has 0 unspecified atom stereocenters. The van der Waals surface area contributed by atoms with Gasteiger partial charge in [0.2, 0.25) is 0 Å². The Morgan fingerprint density at radius 3 is 2.68 bits per heavy atom. The molecule has 0 bridgehead atoms. The SMILES string of the molecule is Cc1cc(Nc2n[nH]c3cc[nH]c(=O)c23)ccc1S(C)(=O)=O. The first-order valence-electron chi connectivity index (χ1n) is 6.50. The second kappa shape index (κ2) is 4.99. The Bertz CT molecular complexity index is 1020. The zero-order valence-corrected chi connectivity index (χ0v) is 12.8. The predicted molar refractivity (Wildman–Crippen MR) is 84.3 cm³/mol. The van der Waals surface area contributed by atoms with Gasteiger partial charge in [0, 0.05) is 18.1 Å². The fourth-order valence-electron chi connectivity index (χ4n) is 2.35. The van der Waals surface area contributed by atoms with Crippen LogP contribution < -0.4 is 10.9 Å². The van der Waals surface area contributed by atoms with Gasteiger partial charge in [0.05, 0.1) is 10.4 Å². The summed E-state index contributed by atoms with van der Waals surface area (Å²) < 4.78 is 23.2. The number of benzene rings is 1. The third-order valence-corrected chi connectivity index (χ3v) is 4.58. The highest BCUT2D eigenvalue weighted by Crippen LogP contribution is 2.24.